The minimum atomic E-state index is -0.377. The van der Waals surface area contributed by atoms with Crippen molar-refractivity contribution >= 4 is 22.6 Å². The molecule has 0 heterocycles. The number of anilines is 3. The highest BCUT2D eigenvalue weighted by Gasteiger charge is 2.45. The van der Waals surface area contributed by atoms with Gasteiger partial charge >= 0.3 is 0 Å². The van der Waals surface area contributed by atoms with Gasteiger partial charge in [-0.2, -0.15) is 0 Å². The summed E-state index contributed by atoms with van der Waals surface area (Å²) in [5.41, 5.74) is 17.9. The van der Waals surface area contributed by atoms with Crippen LogP contribution in [0.25, 0.3) is 16.7 Å². The molecule has 244 valence electrons. The topological polar surface area (TPSA) is 3.24 Å². The van der Waals surface area contributed by atoms with E-state index < -0.39 is 0 Å². The molecule has 1 unspecified atom stereocenters. The quantitative estimate of drug-likeness (QED) is 0.121. The van der Waals surface area contributed by atoms with Gasteiger partial charge in [-0.1, -0.05) is 140 Å². The van der Waals surface area contributed by atoms with Crippen LogP contribution in [0.3, 0.4) is 0 Å². The van der Waals surface area contributed by atoms with Gasteiger partial charge in [-0.3, -0.25) is 0 Å². The van der Waals surface area contributed by atoms with Gasteiger partial charge in [0.2, 0.25) is 0 Å². The zero-order chi connectivity index (χ0) is 34.3. The molecule has 0 saturated carbocycles. The second kappa shape index (κ2) is 12.7. The fourth-order valence-electron chi connectivity index (χ4n) is 8.41. The lowest BCUT2D eigenvalue weighted by Gasteiger charge is -2.36. The lowest BCUT2D eigenvalue weighted by atomic mass is 9.67. The fraction of sp³-hybridized carbons (Fsp3) is 0.208. The first-order valence-electron chi connectivity index (χ1n) is 17.6. The van der Waals surface area contributed by atoms with E-state index in [-0.39, 0.29) is 10.8 Å². The Labute approximate surface area is 293 Å². The Balaban J connectivity index is 1.44. The van der Waals surface area contributed by atoms with Crippen LogP contribution in [0.1, 0.15) is 82.7 Å². The zero-order valence-corrected chi connectivity index (χ0v) is 30.0. The average Bonchev–Trinajstić information content (AvgIpc) is 3.50. The van der Waals surface area contributed by atoms with Crippen molar-refractivity contribution in [2.24, 2.45) is 0 Å². The van der Waals surface area contributed by atoms with E-state index in [1.807, 2.05) is 0 Å². The van der Waals surface area contributed by atoms with Gasteiger partial charge in [0.05, 0.1) is 5.41 Å². The molecule has 0 N–H and O–H groups in total. The van der Waals surface area contributed by atoms with Crippen LogP contribution in [0.4, 0.5) is 17.1 Å². The number of rotatable bonds is 8. The fourth-order valence-corrected chi connectivity index (χ4v) is 8.41. The molecule has 1 nitrogen and oxygen atoms in total. The van der Waals surface area contributed by atoms with Crippen LogP contribution >= 0.6 is 0 Å². The highest BCUT2D eigenvalue weighted by molar-refractivity contribution is 5.89. The van der Waals surface area contributed by atoms with Gasteiger partial charge in [0.15, 0.2) is 0 Å². The van der Waals surface area contributed by atoms with Crippen molar-refractivity contribution in [2.45, 2.75) is 65.7 Å². The van der Waals surface area contributed by atoms with Crippen LogP contribution in [-0.2, 0) is 10.8 Å². The van der Waals surface area contributed by atoms with E-state index in [4.69, 9.17) is 0 Å². The van der Waals surface area contributed by atoms with Gasteiger partial charge in [-0.15, -0.1) is 0 Å². The maximum Gasteiger partial charge on any atom is 0.0631 e. The van der Waals surface area contributed by atoms with Gasteiger partial charge in [0, 0.05) is 22.5 Å². The number of hydrogen-bond donors (Lipinski definition) is 0. The van der Waals surface area contributed by atoms with Gasteiger partial charge in [0.1, 0.15) is 0 Å². The molecule has 0 radical (unpaired) electrons. The first-order chi connectivity index (χ1) is 23.7. The van der Waals surface area contributed by atoms with Crippen molar-refractivity contribution < 1.29 is 0 Å². The molecular formula is C48H47N. The summed E-state index contributed by atoms with van der Waals surface area (Å²) in [6.07, 6.45) is 9.99. The normalized spacial score (nSPS) is 18.1. The van der Waals surface area contributed by atoms with Crippen molar-refractivity contribution in [2.75, 3.05) is 4.90 Å². The minimum absolute atomic E-state index is 0.0800. The van der Waals surface area contributed by atoms with Crippen molar-refractivity contribution in [3.63, 3.8) is 0 Å². The number of nitrogens with zero attached hydrogens (tertiary/aromatic N) is 1. The third-order valence-electron chi connectivity index (χ3n) is 11.1. The van der Waals surface area contributed by atoms with Gasteiger partial charge < -0.3 is 4.90 Å². The van der Waals surface area contributed by atoms with Crippen molar-refractivity contribution in [1.29, 1.82) is 0 Å². The predicted octanol–water partition coefficient (Wildman–Crippen LogP) is 13.4. The van der Waals surface area contributed by atoms with Gasteiger partial charge in [-0.05, 0) is 122 Å². The predicted molar refractivity (Wildman–Crippen MR) is 211 cm³/mol. The smallest absolute Gasteiger partial charge is 0.0631 e. The Bertz CT molecular complexity index is 2160. The van der Waals surface area contributed by atoms with E-state index in [1.54, 1.807) is 0 Å². The number of allylic oxidation sites excluding steroid dienone is 8. The molecule has 1 heteroatoms. The molecule has 2 aliphatic carbocycles. The zero-order valence-electron chi connectivity index (χ0n) is 30.0. The molecule has 0 aromatic heterocycles. The molecule has 0 fully saturated rings. The van der Waals surface area contributed by atoms with E-state index in [0.717, 1.165) is 17.8 Å². The highest BCUT2D eigenvalue weighted by atomic mass is 15.1. The summed E-state index contributed by atoms with van der Waals surface area (Å²) in [6, 6.07) is 45.0. The summed E-state index contributed by atoms with van der Waals surface area (Å²) in [6.45, 7) is 16.0. The summed E-state index contributed by atoms with van der Waals surface area (Å²) in [7, 11) is 0. The number of para-hydroxylation sites is 1. The van der Waals surface area contributed by atoms with E-state index in [9.17, 15) is 0 Å². The summed E-state index contributed by atoms with van der Waals surface area (Å²) >= 11 is 0. The van der Waals surface area contributed by atoms with E-state index >= 15 is 0 Å². The van der Waals surface area contributed by atoms with Gasteiger partial charge in [-0.25, -0.2) is 0 Å². The Kier molecular flexibility index (Phi) is 8.41. The number of hydrogen-bond acceptors (Lipinski definition) is 1. The SMILES string of the molecule is C/C=C/C/C(C)=C/C=C(\C)C1(c2ccccc2)C(C)=C(C)c2ccc(N(c3ccccc3)c3ccc4c(c3)C(C)(C)c3ccccc3-4)cc21. The highest BCUT2D eigenvalue weighted by Crippen LogP contribution is 2.56. The Hall–Kier alpha value is -5.14. The van der Waals surface area contributed by atoms with Crippen molar-refractivity contribution in [3.05, 3.63) is 190 Å². The second-order valence-corrected chi connectivity index (χ2v) is 14.3. The summed E-state index contributed by atoms with van der Waals surface area (Å²) in [5.74, 6) is 0. The third-order valence-corrected chi connectivity index (χ3v) is 11.1. The van der Waals surface area contributed by atoms with Gasteiger partial charge in [0.25, 0.3) is 0 Å². The molecule has 5 aromatic carbocycles. The van der Waals surface area contributed by atoms with Crippen LogP contribution in [0.5, 0.6) is 0 Å². The van der Waals surface area contributed by atoms with Crippen LogP contribution < -0.4 is 4.90 Å². The van der Waals surface area contributed by atoms with Crippen molar-refractivity contribution in [1.82, 2.24) is 0 Å². The first kappa shape index (κ1) is 32.4. The monoisotopic (exact) mass is 637 g/mol. The molecule has 7 rings (SSSR count). The molecule has 0 saturated heterocycles. The van der Waals surface area contributed by atoms with Crippen LogP contribution in [0.2, 0.25) is 0 Å². The molecule has 0 spiro atoms. The molecular weight excluding hydrogens is 591 g/mol. The Morgan fingerprint density at radius 1 is 0.612 bits per heavy atom. The van der Waals surface area contributed by atoms with Crippen molar-refractivity contribution in [3.8, 4) is 11.1 Å². The molecule has 0 amide bonds. The standard InChI is InChI=1S/C48H47N/c1-8-9-18-33(2)25-26-34(3)48(37-19-12-10-13-20-37)36(5)35(4)41-29-27-40(32-46(41)48)49(38-21-14-11-15-22-38)39-28-30-43-42-23-16-17-24-44(42)47(6,7)45(43)31-39/h8-17,19-32H,18H2,1-7H3/b9-8+,33-25+,34-26+. The lowest BCUT2D eigenvalue weighted by Crippen LogP contribution is -2.29. The van der Waals surface area contributed by atoms with Crippen LogP contribution in [0, 0.1) is 0 Å². The minimum Gasteiger partial charge on any atom is -0.310 e. The third kappa shape index (κ3) is 5.24. The van der Waals surface area contributed by atoms with E-state index in [1.165, 1.54) is 66.9 Å². The largest absolute Gasteiger partial charge is 0.310 e. The lowest BCUT2D eigenvalue weighted by molar-refractivity contribution is 0.660. The van der Waals surface area contributed by atoms with E-state index in [2.05, 4.69) is 199 Å². The first-order valence-corrected chi connectivity index (χ1v) is 17.6. The number of benzene rings is 5. The molecule has 49 heavy (non-hydrogen) atoms. The summed E-state index contributed by atoms with van der Waals surface area (Å²) in [5, 5.41) is 0. The number of fused-ring (bicyclic) bond motifs is 4. The molecule has 2 aliphatic rings. The summed E-state index contributed by atoms with van der Waals surface area (Å²) in [4.78, 5) is 2.44. The summed E-state index contributed by atoms with van der Waals surface area (Å²) < 4.78 is 0. The maximum absolute atomic E-state index is 2.47. The Morgan fingerprint density at radius 3 is 1.90 bits per heavy atom. The molecule has 1 atom stereocenters. The molecule has 5 aromatic rings. The van der Waals surface area contributed by atoms with Crippen LogP contribution in [-0.4, -0.2) is 0 Å². The maximum atomic E-state index is 2.47. The average molecular weight is 638 g/mol. The molecule has 0 aliphatic heterocycles. The molecule has 0 bridgehead atoms. The van der Waals surface area contributed by atoms with Crippen LogP contribution in [0.15, 0.2) is 162 Å². The van der Waals surface area contributed by atoms with E-state index in [0.29, 0.717) is 0 Å². The Morgan fingerprint density at radius 2 is 1.20 bits per heavy atom. The second-order valence-electron chi connectivity index (χ2n) is 14.3.